The van der Waals surface area contributed by atoms with Crippen LogP contribution in [-0.2, 0) is 4.79 Å². The number of benzene rings is 1. The van der Waals surface area contributed by atoms with Crippen molar-refractivity contribution in [2.45, 2.75) is 0 Å². The van der Waals surface area contributed by atoms with E-state index in [4.69, 9.17) is 21.6 Å². The van der Waals surface area contributed by atoms with E-state index in [0.717, 1.165) is 6.07 Å². The lowest BCUT2D eigenvalue weighted by molar-refractivity contribution is -0.128. The van der Waals surface area contributed by atoms with Crippen LogP contribution in [0.3, 0.4) is 0 Å². The molecule has 1 fully saturated rings. The van der Waals surface area contributed by atoms with Crippen molar-refractivity contribution in [3.05, 3.63) is 41.5 Å². The molecule has 0 unspecified atom stereocenters. The van der Waals surface area contributed by atoms with Gasteiger partial charge in [-0.15, -0.1) is 11.6 Å². The van der Waals surface area contributed by atoms with Crippen molar-refractivity contribution in [2.24, 2.45) is 0 Å². The highest BCUT2D eigenvalue weighted by Crippen LogP contribution is 2.30. The minimum absolute atomic E-state index is 0.0587. The highest BCUT2D eigenvalue weighted by Gasteiger charge is 2.25. The van der Waals surface area contributed by atoms with Crippen LogP contribution in [0.1, 0.15) is 11.1 Å². The van der Waals surface area contributed by atoms with E-state index in [0.29, 0.717) is 32.0 Å². The number of aromatic nitrogens is 2. The SMILES string of the molecule is N#Cc1ccc(Oc2ncnc(N3CCN(C(=O)CCl)CC3)c2C#N)c(F)c1. The molecule has 1 amide bonds. The second kappa shape index (κ2) is 8.51. The summed E-state index contributed by atoms with van der Waals surface area (Å²) in [4.78, 5) is 23.3. The minimum atomic E-state index is -0.740. The molecule has 3 rings (SSSR count). The zero-order chi connectivity index (χ0) is 20.1. The van der Waals surface area contributed by atoms with E-state index in [1.165, 1.54) is 18.5 Å². The molecule has 2 heterocycles. The van der Waals surface area contributed by atoms with E-state index < -0.39 is 5.82 Å². The standard InChI is InChI=1S/C18H14ClFN6O2/c19-8-16(27)25-3-5-26(6-4-25)17-13(10-22)18(24-11-23-17)28-15-2-1-12(9-21)7-14(15)20/h1-2,7,11H,3-6,8H2. The van der Waals surface area contributed by atoms with Gasteiger partial charge in [0, 0.05) is 26.2 Å². The Balaban J connectivity index is 1.83. The Bertz CT molecular complexity index is 979. The number of carbonyl (C=O) groups excluding carboxylic acids is 1. The smallest absolute Gasteiger partial charge is 0.242 e. The molecule has 1 saturated heterocycles. The topological polar surface area (TPSA) is 106 Å². The van der Waals surface area contributed by atoms with Crippen molar-refractivity contribution in [1.82, 2.24) is 14.9 Å². The number of nitriles is 2. The zero-order valence-electron chi connectivity index (χ0n) is 14.6. The predicted molar refractivity (Wildman–Crippen MR) is 97.4 cm³/mol. The van der Waals surface area contributed by atoms with Crippen molar-refractivity contribution in [1.29, 1.82) is 10.5 Å². The average Bonchev–Trinajstić information content (AvgIpc) is 2.74. The van der Waals surface area contributed by atoms with E-state index in [1.807, 2.05) is 17.0 Å². The number of anilines is 1. The van der Waals surface area contributed by atoms with Gasteiger partial charge in [-0.1, -0.05) is 0 Å². The second-order valence-electron chi connectivity index (χ2n) is 5.85. The van der Waals surface area contributed by atoms with Crippen LogP contribution >= 0.6 is 11.6 Å². The molecule has 142 valence electrons. The highest BCUT2D eigenvalue weighted by atomic mass is 35.5. The largest absolute Gasteiger partial charge is 0.434 e. The molecule has 1 aliphatic heterocycles. The maximum Gasteiger partial charge on any atom is 0.242 e. The number of nitrogens with zero attached hydrogens (tertiary/aromatic N) is 6. The van der Waals surface area contributed by atoms with Gasteiger partial charge in [0.1, 0.15) is 18.3 Å². The van der Waals surface area contributed by atoms with Crippen molar-refractivity contribution in [2.75, 3.05) is 37.0 Å². The molecule has 0 N–H and O–H groups in total. The van der Waals surface area contributed by atoms with Gasteiger partial charge in [0.2, 0.25) is 11.8 Å². The molecule has 0 spiro atoms. The molecule has 1 aromatic carbocycles. The van der Waals surface area contributed by atoms with Gasteiger partial charge in [0.25, 0.3) is 0 Å². The Hall–Kier alpha value is -3.43. The van der Waals surface area contributed by atoms with E-state index in [9.17, 15) is 14.4 Å². The van der Waals surface area contributed by atoms with Gasteiger partial charge in [-0.05, 0) is 18.2 Å². The van der Waals surface area contributed by atoms with Gasteiger partial charge in [-0.25, -0.2) is 14.4 Å². The summed E-state index contributed by atoms with van der Waals surface area (Å²) in [5, 5.41) is 18.4. The molecular formula is C18H14ClFN6O2. The Morgan fingerprint density at radius 3 is 2.57 bits per heavy atom. The number of carbonyl (C=O) groups is 1. The Morgan fingerprint density at radius 1 is 1.21 bits per heavy atom. The van der Waals surface area contributed by atoms with Crippen LogP contribution in [0.5, 0.6) is 11.6 Å². The molecule has 1 aromatic heterocycles. The lowest BCUT2D eigenvalue weighted by Crippen LogP contribution is -2.49. The second-order valence-corrected chi connectivity index (χ2v) is 6.12. The summed E-state index contributed by atoms with van der Waals surface area (Å²) in [6, 6.07) is 7.57. The minimum Gasteiger partial charge on any atom is -0.434 e. The monoisotopic (exact) mass is 400 g/mol. The van der Waals surface area contributed by atoms with Crippen LogP contribution in [-0.4, -0.2) is 52.8 Å². The molecule has 2 aromatic rings. The zero-order valence-corrected chi connectivity index (χ0v) is 15.4. The van der Waals surface area contributed by atoms with E-state index in [-0.39, 0.29) is 34.5 Å². The Labute approximate surface area is 165 Å². The number of rotatable bonds is 4. The van der Waals surface area contributed by atoms with Gasteiger partial charge in [-0.3, -0.25) is 4.79 Å². The summed E-state index contributed by atoms with van der Waals surface area (Å²) in [5.41, 5.74) is 0.210. The number of alkyl halides is 1. The third-order valence-corrected chi connectivity index (χ3v) is 4.45. The van der Waals surface area contributed by atoms with Crippen LogP contribution in [0, 0.1) is 28.5 Å². The lowest BCUT2D eigenvalue weighted by atomic mass is 10.2. The molecular weight excluding hydrogens is 387 g/mol. The lowest BCUT2D eigenvalue weighted by Gasteiger charge is -2.35. The van der Waals surface area contributed by atoms with Crippen LogP contribution in [0.15, 0.2) is 24.5 Å². The number of hydrogen-bond donors (Lipinski definition) is 0. The normalized spacial score (nSPS) is 13.6. The van der Waals surface area contributed by atoms with Crippen LogP contribution in [0.4, 0.5) is 10.2 Å². The Morgan fingerprint density at radius 2 is 1.96 bits per heavy atom. The highest BCUT2D eigenvalue weighted by molar-refractivity contribution is 6.27. The molecule has 0 saturated carbocycles. The van der Waals surface area contributed by atoms with Gasteiger partial charge in [0.15, 0.2) is 22.9 Å². The summed E-state index contributed by atoms with van der Waals surface area (Å²) >= 11 is 5.58. The van der Waals surface area contributed by atoms with Crippen molar-refractivity contribution < 1.29 is 13.9 Å². The van der Waals surface area contributed by atoms with Crippen LogP contribution < -0.4 is 9.64 Å². The summed E-state index contributed by atoms with van der Waals surface area (Å²) in [5.74, 6) is -0.862. The molecule has 28 heavy (non-hydrogen) atoms. The van der Waals surface area contributed by atoms with E-state index in [1.54, 1.807) is 4.90 Å². The summed E-state index contributed by atoms with van der Waals surface area (Å²) < 4.78 is 19.6. The maximum atomic E-state index is 14.1. The van der Waals surface area contributed by atoms with Gasteiger partial charge in [-0.2, -0.15) is 10.5 Å². The van der Waals surface area contributed by atoms with E-state index in [2.05, 4.69) is 9.97 Å². The first kappa shape index (κ1) is 19.3. The fourth-order valence-corrected chi connectivity index (χ4v) is 2.95. The molecule has 10 heteroatoms. The van der Waals surface area contributed by atoms with Crippen LogP contribution in [0.25, 0.3) is 0 Å². The first-order chi connectivity index (χ1) is 13.6. The summed E-state index contributed by atoms with van der Waals surface area (Å²) in [6.07, 6.45) is 1.23. The van der Waals surface area contributed by atoms with Gasteiger partial charge >= 0.3 is 0 Å². The van der Waals surface area contributed by atoms with Gasteiger partial charge in [0.05, 0.1) is 11.6 Å². The first-order valence-electron chi connectivity index (χ1n) is 8.28. The fourth-order valence-electron chi connectivity index (χ4n) is 2.79. The number of piperazine rings is 1. The molecule has 8 nitrogen and oxygen atoms in total. The summed E-state index contributed by atoms with van der Waals surface area (Å²) in [7, 11) is 0. The number of hydrogen-bond acceptors (Lipinski definition) is 7. The number of amides is 1. The molecule has 0 atom stereocenters. The molecule has 0 radical (unpaired) electrons. The average molecular weight is 401 g/mol. The third-order valence-electron chi connectivity index (χ3n) is 4.22. The van der Waals surface area contributed by atoms with Crippen LogP contribution in [0.2, 0.25) is 0 Å². The maximum absolute atomic E-state index is 14.1. The third kappa shape index (κ3) is 3.95. The van der Waals surface area contributed by atoms with Crippen molar-refractivity contribution in [3.8, 4) is 23.8 Å². The number of ether oxygens (including phenoxy) is 1. The predicted octanol–water partition coefficient (Wildman–Crippen LogP) is 2.04. The van der Waals surface area contributed by atoms with Crippen molar-refractivity contribution in [3.63, 3.8) is 0 Å². The molecule has 1 aliphatic rings. The van der Waals surface area contributed by atoms with E-state index >= 15 is 0 Å². The van der Waals surface area contributed by atoms with Gasteiger partial charge < -0.3 is 14.5 Å². The molecule has 0 bridgehead atoms. The fraction of sp³-hybridized carbons (Fsp3) is 0.278. The quantitative estimate of drug-likeness (QED) is 0.723. The van der Waals surface area contributed by atoms with Crippen molar-refractivity contribution >= 4 is 23.3 Å². The first-order valence-corrected chi connectivity index (χ1v) is 8.82. The summed E-state index contributed by atoms with van der Waals surface area (Å²) in [6.45, 7) is 1.81. The Kier molecular flexibility index (Phi) is 5.87. The number of halogens is 2. The molecule has 0 aliphatic carbocycles.